The molecule has 0 atom stereocenters. The number of para-hydroxylation sites is 1. The third kappa shape index (κ3) is 3.92. The number of nitrogens with one attached hydrogen (secondary N) is 1. The number of halogens is 1. The predicted molar refractivity (Wildman–Crippen MR) is 82.9 cm³/mol. The lowest BCUT2D eigenvalue weighted by atomic mass is 10.3. The average molecular weight is 327 g/mol. The van der Waals surface area contributed by atoms with E-state index < -0.39 is 5.82 Å². The van der Waals surface area contributed by atoms with Crippen LogP contribution in [0.2, 0.25) is 0 Å². The number of benzene rings is 2. The van der Waals surface area contributed by atoms with Crippen molar-refractivity contribution in [3.05, 3.63) is 66.2 Å². The SMILES string of the molecule is O=C(COc1ccccc1)NCc1nnnn1-c1cccc(F)c1. The summed E-state index contributed by atoms with van der Waals surface area (Å²) >= 11 is 0. The third-order valence-electron chi connectivity index (χ3n) is 3.14. The first-order valence-corrected chi connectivity index (χ1v) is 7.20. The summed E-state index contributed by atoms with van der Waals surface area (Å²) in [6.07, 6.45) is 0. The lowest BCUT2D eigenvalue weighted by molar-refractivity contribution is -0.123. The number of carbonyl (C=O) groups is 1. The fraction of sp³-hybridized carbons (Fsp3) is 0.125. The highest BCUT2D eigenvalue weighted by molar-refractivity contribution is 5.77. The van der Waals surface area contributed by atoms with Crippen molar-refractivity contribution in [1.82, 2.24) is 25.5 Å². The highest BCUT2D eigenvalue weighted by Crippen LogP contribution is 2.10. The number of ether oxygens (including phenoxy) is 1. The molecule has 0 saturated carbocycles. The molecule has 3 rings (SSSR count). The van der Waals surface area contributed by atoms with Crippen LogP contribution in [-0.2, 0) is 11.3 Å². The Labute approximate surface area is 137 Å². The molecule has 0 aliphatic carbocycles. The smallest absolute Gasteiger partial charge is 0.258 e. The molecule has 8 heteroatoms. The van der Waals surface area contributed by atoms with Gasteiger partial charge in [-0.05, 0) is 40.8 Å². The second-order valence-corrected chi connectivity index (χ2v) is 4.87. The van der Waals surface area contributed by atoms with Gasteiger partial charge in [0, 0.05) is 0 Å². The van der Waals surface area contributed by atoms with E-state index in [-0.39, 0.29) is 19.1 Å². The standard InChI is InChI=1S/C16H14FN5O2/c17-12-5-4-6-13(9-12)22-15(19-20-21-22)10-18-16(23)11-24-14-7-2-1-3-8-14/h1-9H,10-11H2,(H,18,23). The van der Waals surface area contributed by atoms with Crippen molar-refractivity contribution < 1.29 is 13.9 Å². The van der Waals surface area contributed by atoms with Crippen LogP contribution < -0.4 is 10.1 Å². The van der Waals surface area contributed by atoms with Crippen LogP contribution >= 0.6 is 0 Å². The molecule has 0 aliphatic rings. The Balaban J connectivity index is 1.57. The summed E-state index contributed by atoms with van der Waals surface area (Å²) in [5.74, 6) is 0.285. The highest BCUT2D eigenvalue weighted by atomic mass is 19.1. The molecule has 0 bridgehead atoms. The van der Waals surface area contributed by atoms with Gasteiger partial charge in [-0.25, -0.2) is 4.39 Å². The van der Waals surface area contributed by atoms with Gasteiger partial charge in [0.15, 0.2) is 12.4 Å². The van der Waals surface area contributed by atoms with Gasteiger partial charge in [-0.2, -0.15) is 4.68 Å². The lowest BCUT2D eigenvalue weighted by Gasteiger charge is -2.08. The number of nitrogens with zero attached hydrogens (tertiary/aromatic N) is 4. The molecule has 1 N–H and O–H groups in total. The molecule has 1 aromatic heterocycles. The summed E-state index contributed by atoms with van der Waals surface area (Å²) < 4.78 is 20.0. The summed E-state index contributed by atoms with van der Waals surface area (Å²) in [5.41, 5.74) is 0.477. The maximum absolute atomic E-state index is 13.3. The first-order chi connectivity index (χ1) is 11.7. The van der Waals surface area contributed by atoms with Crippen LogP contribution in [0.1, 0.15) is 5.82 Å². The Kier molecular flexibility index (Phi) is 4.76. The minimum atomic E-state index is -0.394. The number of hydrogen-bond donors (Lipinski definition) is 1. The van der Waals surface area contributed by atoms with Gasteiger partial charge >= 0.3 is 0 Å². The average Bonchev–Trinajstić information content (AvgIpc) is 3.08. The normalized spacial score (nSPS) is 10.4. The highest BCUT2D eigenvalue weighted by Gasteiger charge is 2.10. The van der Waals surface area contributed by atoms with Gasteiger partial charge in [0.1, 0.15) is 11.6 Å². The van der Waals surface area contributed by atoms with Gasteiger partial charge in [-0.3, -0.25) is 4.79 Å². The van der Waals surface area contributed by atoms with Gasteiger partial charge in [-0.15, -0.1) is 5.10 Å². The van der Waals surface area contributed by atoms with Crippen LogP contribution in [0.15, 0.2) is 54.6 Å². The largest absolute Gasteiger partial charge is 0.484 e. The van der Waals surface area contributed by atoms with Crippen molar-refractivity contribution in [1.29, 1.82) is 0 Å². The molecule has 1 amide bonds. The van der Waals surface area contributed by atoms with Crippen LogP contribution in [0, 0.1) is 5.82 Å². The third-order valence-corrected chi connectivity index (χ3v) is 3.14. The Bertz CT molecular complexity index is 822. The predicted octanol–water partition coefficient (Wildman–Crippen LogP) is 1.50. The molecule has 7 nitrogen and oxygen atoms in total. The number of hydrogen-bond acceptors (Lipinski definition) is 5. The van der Waals surface area contributed by atoms with E-state index in [9.17, 15) is 9.18 Å². The zero-order valence-electron chi connectivity index (χ0n) is 12.6. The number of amides is 1. The number of aromatic nitrogens is 4. The summed E-state index contributed by atoms with van der Waals surface area (Å²) in [6.45, 7) is -0.0218. The molecule has 3 aromatic rings. The zero-order chi connectivity index (χ0) is 16.8. The molecule has 122 valence electrons. The monoisotopic (exact) mass is 327 g/mol. The van der Waals surface area contributed by atoms with Crippen LogP contribution in [0.4, 0.5) is 4.39 Å². The van der Waals surface area contributed by atoms with E-state index in [1.165, 1.54) is 16.8 Å². The quantitative estimate of drug-likeness (QED) is 0.742. The van der Waals surface area contributed by atoms with Gasteiger partial charge < -0.3 is 10.1 Å². The van der Waals surface area contributed by atoms with Gasteiger partial charge in [0.25, 0.3) is 5.91 Å². The summed E-state index contributed by atoms with van der Waals surface area (Å²) in [4.78, 5) is 11.8. The maximum Gasteiger partial charge on any atom is 0.258 e. The van der Waals surface area contributed by atoms with E-state index in [0.29, 0.717) is 17.3 Å². The van der Waals surface area contributed by atoms with E-state index in [0.717, 1.165) is 0 Å². The summed E-state index contributed by atoms with van der Waals surface area (Å²) in [5, 5.41) is 13.9. The van der Waals surface area contributed by atoms with Gasteiger partial charge in [0.05, 0.1) is 12.2 Å². The van der Waals surface area contributed by atoms with Gasteiger partial charge in [0.2, 0.25) is 0 Å². The van der Waals surface area contributed by atoms with Crippen molar-refractivity contribution >= 4 is 5.91 Å². The summed E-state index contributed by atoms with van der Waals surface area (Å²) in [6, 6.07) is 14.9. The molecule has 2 aromatic carbocycles. The van der Waals surface area contributed by atoms with E-state index in [1.807, 2.05) is 18.2 Å². The molecule has 0 saturated heterocycles. The first kappa shape index (κ1) is 15.6. The number of rotatable bonds is 6. The minimum Gasteiger partial charge on any atom is -0.484 e. The maximum atomic E-state index is 13.3. The zero-order valence-corrected chi connectivity index (χ0v) is 12.6. The number of tetrazole rings is 1. The Hall–Kier alpha value is -3.29. The topological polar surface area (TPSA) is 81.9 Å². The van der Waals surface area contributed by atoms with E-state index in [4.69, 9.17) is 4.74 Å². The first-order valence-electron chi connectivity index (χ1n) is 7.20. The Morgan fingerprint density at radius 2 is 2.00 bits per heavy atom. The molecule has 0 unspecified atom stereocenters. The molecule has 0 spiro atoms. The number of carbonyl (C=O) groups excluding carboxylic acids is 1. The molecule has 0 radical (unpaired) electrons. The van der Waals surface area contributed by atoms with E-state index in [2.05, 4.69) is 20.8 Å². The van der Waals surface area contributed by atoms with Crippen LogP contribution in [0.25, 0.3) is 5.69 Å². The summed E-state index contributed by atoms with van der Waals surface area (Å²) in [7, 11) is 0. The van der Waals surface area contributed by atoms with E-state index >= 15 is 0 Å². The minimum absolute atomic E-state index is 0.0977. The Morgan fingerprint density at radius 3 is 2.79 bits per heavy atom. The second kappa shape index (κ2) is 7.32. The van der Waals surface area contributed by atoms with Crippen molar-refractivity contribution in [2.75, 3.05) is 6.61 Å². The van der Waals surface area contributed by atoms with Crippen molar-refractivity contribution in [3.8, 4) is 11.4 Å². The Morgan fingerprint density at radius 1 is 1.17 bits per heavy atom. The van der Waals surface area contributed by atoms with Crippen molar-refractivity contribution in [3.63, 3.8) is 0 Å². The van der Waals surface area contributed by atoms with Crippen LogP contribution in [0.5, 0.6) is 5.75 Å². The molecular formula is C16H14FN5O2. The fourth-order valence-electron chi connectivity index (χ4n) is 2.02. The van der Waals surface area contributed by atoms with Crippen molar-refractivity contribution in [2.45, 2.75) is 6.54 Å². The molecule has 24 heavy (non-hydrogen) atoms. The van der Waals surface area contributed by atoms with E-state index in [1.54, 1.807) is 24.3 Å². The van der Waals surface area contributed by atoms with Crippen LogP contribution in [-0.4, -0.2) is 32.7 Å². The van der Waals surface area contributed by atoms with Crippen molar-refractivity contribution in [2.24, 2.45) is 0 Å². The molecular weight excluding hydrogens is 313 g/mol. The van der Waals surface area contributed by atoms with Crippen LogP contribution in [0.3, 0.4) is 0 Å². The fourth-order valence-corrected chi connectivity index (χ4v) is 2.02. The lowest BCUT2D eigenvalue weighted by Crippen LogP contribution is -2.29. The second-order valence-electron chi connectivity index (χ2n) is 4.87. The molecule has 1 heterocycles. The molecule has 0 fully saturated rings. The molecule has 0 aliphatic heterocycles. The van der Waals surface area contributed by atoms with Gasteiger partial charge in [-0.1, -0.05) is 24.3 Å².